The van der Waals surface area contributed by atoms with Crippen molar-refractivity contribution >= 4 is 5.69 Å². The van der Waals surface area contributed by atoms with E-state index in [0.717, 1.165) is 11.8 Å². The quantitative estimate of drug-likeness (QED) is 0.905. The van der Waals surface area contributed by atoms with E-state index in [9.17, 15) is 8.78 Å². The van der Waals surface area contributed by atoms with Crippen LogP contribution in [0.4, 0.5) is 14.5 Å². The number of halogens is 2. The maximum absolute atomic E-state index is 13.4. The first kappa shape index (κ1) is 14.5. The van der Waals surface area contributed by atoms with Crippen LogP contribution in [0.1, 0.15) is 18.5 Å². The summed E-state index contributed by atoms with van der Waals surface area (Å²) in [6, 6.07) is 13.0. The van der Waals surface area contributed by atoms with Crippen molar-refractivity contribution in [1.29, 1.82) is 0 Å². The Bertz CT molecular complexity index is 537. The Kier molecular flexibility index (Phi) is 4.69. The molecule has 2 aromatic carbocycles. The van der Waals surface area contributed by atoms with Crippen molar-refractivity contribution in [2.75, 3.05) is 18.0 Å². The predicted molar refractivity (Wildman–Crippen MR) is 77.6 cm³/mol. The van der Waals surface area contributed by atoms with Crippen molar-refractivity contribution in [2.45, 2.75) is 13.0 Å². The van der Waals surface area contributed by atoms with Crippen molar-refractivity contribution in [3.63, 3.8) is 0 Å². The second kappa shape index (κ2) is 6.48. The van der Waals surface area contributed by atoms with E-state index < -0.39 is 11.6 Å². The van der Waals surface area contributed by atoms with Gasteiger partial charge in [0.15, 0.2) is 0 Å². The number of rotatable bonds is 5. The van der Waals surface area contributed by atoms with E-state index in [2.05, 4.69) is 0 Å². The Balaban J connectivity index is 2.39. The molecule has 2 N–H and O–H groups in total. The van der Waals surface area contributed by atoms with Gasteiger partial charge in [-0.15, -0.1) is 0 Å². The van der Waals surface area contributed by atoms with Gasteiger partial charge in [0.1, 0.15) is 11.6 Å². The highest BCUT2D eigenvalue weighted by molar-refractivity contribution is 5.48. The average molecular weight is 276 g/mol. The van der Waals surface area contributed by atoms with Gasteiger partial charge in [-0.3, -0.25) is 0 Å². The molecule has 2 nitrogen and oxygen atoms in total. The summed E-state index contributed by atoms with van der Waals surface area (Å²) in [4.78, 5) is 2.04. The molecule has 0 bridgehead atoms. The van der Waals surface area contributed by atoms with Crippen LogP contribution in [0.15, 0.2) is 48.5 Å². The van der Waals surface area contributed by atoms with Gasteiger partial charge in [-0.25, -0.2) is 8.78 Å². The van der Waals surface area contributed by atoms with Crippen LogP contribution < -0.4 is 10.6 Å². The molecule has 0 aromatic heterocycles. The summed E-state index contributed by atoms with van der Waals surface area (Å²) in [5.74, 6) is -1.16. The van der Waals surface area contributed by atoms with Crippen molar-refractivity contribution in [1.82, 2.24) is 0 Å². The number of anilines is 1. The zero-order chi connectivity index (χ0) is 14.5. The van der Waals surface area contributed by atoms with Crippen LogP contribution >= 0.6 is 0 Å². The third-order valence-corrected chi connectivity index (χ3v) is 3.30. The van der Waals surface area contributed by atoms with E-state index in [1.807, 2.05) is 42.2 Å². The second-order valence-electron chi connectivity index (χ2n) is 4.58. The van der Waals surface area contributed by atoms with Crippen molar-refractivity contribution in [2.24, 2.45) is 5.73 Å². The molecule has 0 aliphatic carbocycles. The molecule has 0 saturated carbocycles. The van der Waals surface area contributed by atoms with Gasteiger partial charge in [0.2, 0.25) is 0 Å². The second-order valence-corrected chi connectivity index (χ2v) is 4.58. The first-order chi connectivity index (χ1) is 9.65. The van der Waals surface area contributed by atoms with Gasteiger partial charge >= 0.3 is 0 Å². The lowest BCUT2D eigenvalue weighted by Crippen LogP contribution is -2.33. The van der Waals surface area contributed by atoms with Gasteiger partial charge in [0.25, 0.3) is 0 Å². The lowest BCUT2D eigenvalue weighted by Gasteiger charge is -2.32. The van der Waals surface area contributed by atoms with Gasteiger partial charge in [0.05, 0.1) is 6.04 Å². The zero-order valence-corrected chi connectivity index (χ0v) is 11.4. The topological polar surface area (TPSA) is 29.3 Å². The average Bonchev–Trinajstić information content (AvgIpc) is 2.44. The van der Waals surface area contributed by atoms with Crippen molar-refractivity contribution in [3.05, 3.63) is 65.7 Å². The van der Waals surface area contributed by atoms with E-state index >= 15 is 0 Å². The Hall–Kier alpha value is -1.94. The monoisotopic (exact) mass is 276 g/mol. The summed E-state index contributed by atoms with van der Waals surface area (Å²) in [7, 11) is 0. The van der Waals surface area contributed by atoms with Crippen molar-refractivity contribution in [3.8, 4) is 0 Å². The Labute approximate surface area is 117 Å². The lowest BCUT2D eigenvalue weighted by atomic mass is 10.0. The third-order valence-electron chi connectivity index (χ3n) is 3.30. The van der Waals surface area contributed by atoms with Gasteiger partial charge in [-0.05, 0) is 36.8 Å². The number of nitrogens with zero attached hydrogens (tertiary/aromatic N) is 1. The van der Waals surface area contributed by atoms with Crippen LogP contribution in [0.3, 0.4) is 0 Å². The lowest BCUT2D eigenvalue weighted by molar-refractivity contribution is 0.567. The van der Waals surface area contributed by atoms with Crippen LogP contribution in [-0.4, -0.2) is 13.1 Å². The molecule has 1 atom stereocenters. The third kappa shape index (κ3) is 3.14. The molecular formula is C16H18F2N2. The van der Waals surface area contributed by atoms with E-state index in [-0.39, 0.29) is 12.6 Å². The largest absolute Gasteiger partial charge is 0.363 e. The van der Waals surface area contributed by atoms with Gasteiger partial charge in [-0.1, -0.05) is 18.2 Å². The van der Waals surface area contributed by atoms with E-state index in [1.54, 1.807) is 0 Å². The molecule has 0 fully saturated rings. The molecule has 2 rings (SSSR count). The minimum atomic E-state index is -0.581. The molecule has 0 saturated heterocycles. The molecule has 0 radical (unpaired) electrons. The van der Waals surface area contributed by atoms with Gasteiger partial charge in [-0.2, -0.15) is 0 Å². The zero-order valence-electron chi connectivity index (χ0n) is 11.4. The predicted octanol–water partition coefficient (Wildman–Crippen LogP) is 3.49. The number of hydrogen-bond acceptors (Lipinski definition) is 2. The maximum Gasteiger partial charge on any atom is 0.126 e. The Morgan fingerprint density at radius 1 is 1.05 bits per heavy atom. The summed E-state index contributed by atoms with van der Waals surface area (Å²) in [5.41, 5.74) is 7.37. The van der Waals surface area contributed by atoms with Crippen LogP contribution in [-0.2, 0) is 0 Å². The molecule has 0 heterocycles. The normalized spacial score (nSPS) is 12.2. The van der Waals surface area contributed by atoms with E-state index in [4.69, 9.17) is 5.73 Å². The number of hydrogen-bond donors (Lipinski definition) is 1. The fourth-order valence-corrected chi connectivity index (χ4v) is 2.41. The summed E-state index contributed by atoms with van der Waals surface area (Å²) < 4.78 is 26.8. The van der Waals surface area contributed by atoms with Gasteiger partial charge in [0, 0.05) is 24.8 Å². The summed E-state index contributed by atoms with van der Waals surface area (Å²) in [5, 5.41) is 0. The SMILES string of the molecule is CCN(c1ccccc1)C(CN)c1cc(F)cc(F)c1. The summed E-state index contributed by atoms with van der Waals surface area (Å²) in [6.45, 7) is 2.97. The minimum absolute atomic E-state index is 0.257. The number of nitrogens with two attached hydrogens (primary N) is 1. The highest BCUT2D eigenvalue weighted by atomic mass is 19.1. The first-order valence-electron chi connectivity index (χ1n) is 6.63. The summed E-state index contributed by atoms with van der Waals surface area (Å²) in [6.07, 6.45) is 0. The maximum atomic E-state index is 13.4. The van der Waals surface area contributed by atoms with Crippen LogP contribution in [0.25, 0.3) is 0 Å². The van der Waals surface area contributed by atoms with Crippen LogP contribution in [0, 0.1) is 11.6 Å². The molecule has 1 unspecified atom stereocenters. The standard InChI is InChI=1S/C16H18F2N2/c1-2-20(15-6-4-3-5-7-15)16(11-19)12-8-13(17)10-14(18)9-12/h3-10,16H,2,11,19H2,1H3. The molecule has 4 heteroatoms. The Morgan fingerprint density at radius 3 is 2.15 bits per heavy atom. The molecule has 0 aliphatic rings. The number of likely N-dealkylation sites (N-methyl/N-ethyl adjacent to an activating group) is 1. The van der Waals surface area contributed by atoms with Crippen molar-refractivity contribution < 1.29 is 8.78 Å². The van der Waals surface area contributed by atoms with E-state index in [1.165, 1.54) is 12.1 Å². The van der Waals surface area contributed by atoms with Gasteiger partial charge < -0.3 is 10.6 Å². The molecule has 20 heavy (non-hydrogen) atoms. The van der Waals surface area contributed by atoms with Crippen LogP contribution in [0.2, 0.25) is 0 Å². The molecule has 0 aliphatic heterocycles. The smallest absolute Gasteiger partial charge is 0.126 e. The highest BCUT2D eigenvalue weighted by Gasteiger charge is 2.19. The Morgan fingerprint density at radius 2 is 1.65 bits per heavy atom. The summed E-state index contributed by atoms with van der Waals surface area (Å²) >= 11 is 0. The molecule has 0 amide bonds. The molecule has 106 valence electrons. The van der Waals surface area contributed by atoms with Crippen LogP contribution in [0.5, 0.6) is 0 Å². The first-order valence-corrected chi connectivity index (χ1v) is 6.63. The molecular weight excluding hydrogens is 258 g/mol. The fourth-order valence-electron chi connectivity index (χ4n) is 2.41. The molecule has 0 spiro atoms. The molecule has 2 aromatic rings. The highest BCUT2D eigenvalue weighted by Crippen LogP contribution is 2.27. The fraction of sp³-hybridized carbons (Fsp3) is 0.250. The number of para-hydroxylation sites is 1. The minimum Gasteiger partial charge on any atom is -0.363 e. The number of benzene rings is 2. The van der Waals surface area contributed by atoms with E-state index in [0.29, 0.717) is 12.1 Å².